The second-order valence-electron chi connectivity index (χ2n) is 11.7. The lowest BCUT2D eigenvalue weighted by Gasteiger charge is -2.54. The average molecular weight is 387 g/mol. The molecule has 4 rings (SSSR count). The van der Waals surface area contributed by atoms with Gasteiger partial charge in [-0.3, -0.25) is 0 Å². The van der Waals surface area contributed by atoms with E-state index in [1.54, 1.807) is 5.57 Å². The smallest absolute Gasteiger partial charge is 0.0580 e. The van der Waals surface area contributed by atoms with Crippen molar-refractivity contribution >= 4 is 0 Å². The van der Waals surface area contributed by atoms with Crippen LogP contribution in [-0.4, -0.2) is 11.2 Å². The second-order valence-corrected chi connectivity index (χ2v) is 11.7. The van der Waals surface area contributed by atoms with Crippen LogP contribution in [0.1, 0.15) is 111 Å². The zero-order chi connectivity index (χ0) is 19.9. The molecule has 0 aromatic carbocycles. The minimum Gasteiger partial charge on any atom is -0.393 e. The van der Waals surface area contributed by atoms with Crippen LogP contribution in [-0.2, 0) is 0 Å². The van der Waals surface area contributed by atoms with Gasteiger partial charge in [0.1, 0.15) is 0 Å². The summed E-state index contributed by atoms with van der Waals surface area (Å²) >= 11 is 0. The predicted molar refractivity (Wildman–Crippen MR) is 119 cm³/mol. The molecule has 0 spiro atoms. The van der Waals surface area contributed by atoms with Crippen molar-refractivity contribution in [2.45, 2.75) is 117 Å². The van der Waals surface area contributed by atoms with Gasteiger partial charge in [0, 0.05) is 0 Å². The number of unbranched alkanes of at least 4 members (excludes halogenated alkanes) is 1. The molecule has 0 aromatic heterocycles. The number of rotatable bonds is 6. The van der Waals surface area contributed by atoms with Gasteiger partial charge in [-0.2, -0.15) is 0 Å². The molecular formula is C27H46O. The third kappa shape index (κ3) is 3.75. The van der Waals surface area contributed by atoms with Crippen LogP contribution < -0.4 is 0 Å². The van der Waals surface area contributed by atoms with Gasteiger partial charge in [0.05, 0.1) is 6.10 Å². The van der Waals surface area contributed by atoms with Gasteiger partial charge in [0.2, 0.25) is 0 Å². The van der Waals surface area contributed by atoms with E-state index < -0.39 is 0 Å². The Morgan fingerprint density at radius 2 is 1.89 bits per heavy atom. The lowest BCUT2D eigenvalue weighted by Crippen LogP contribution is -2.45. The lowest BCUT2D eigenvalue weighted by molar-refractivity contribution is -0.000714. The molecule has 2 fully saturated rings. The summed E-state index contributed by atoms with van der Waals surface area (Å²) in [5.41, 5.74) is 4.19. The summed E-state index contributed by atoms with van der Waals surface area (Å²) in [5.74, 6) is 5.46. The van der Waals surface area contributed by atoms with E-state index in [9.17, 15) is 5.11 Å². The average Bonchev–Trinajstić information content (AvgIpc) is 3.00. The molecule has 0 heterocycles. The number of fused-ring (bicyclic) bond motifs is 4. The van der Waals surface area contributed by atoms with Crippen LogP contribution in [0.15, 0.2) is 11.1 Å². The third-order valence-corrected chi connectivity index (χ3v) is 9.82. The van der Waals surface area contributed by atoms with Crippen LogP contribution in [0, 0.1) is 40.9 Å². The largest absolute Gasteiger partial charge is 0.393 e. The van der Waals surface area contributed by atoms with Crippen molar-refractivity contribution in [3.05, 3.63) is 11.1 Å². The summed E-state index contributed by atoms with van der Waals surface area (Å²) in [6.07, 6.45) is 17.7. The summed E-state index contributed by atoms with van der Waals surface area (Å²) in [6.45, 7) is 9.83. The second kappa shape index (κ2) is 8.44. The molecule has 0 aliphatic heterocycles. The molecule has 160 valence electrons. The Morgan fingerprint density at radius 1 is 1.07 bits per heavy atom. The normalized spacial score (nSPS) is 43.1. The Labute approximate surface area is 174 Å². The topological polar surface area (TPSA) is 20.2 Å². The van der Waals surface area contributed by atoms with Crippen molar-refractivity contribution in [3.8, 4) is 0 Å². The molecule has 1 nitrogen and oxygen atoms in total. The molecule has 0 bridgehead atoms. The Morgan fingerprint density at radius 3 is 2.64 bits per heavy atom. The highest BCUT2D eigenvalue weighted by Gasteiger charge is 2.55. The summed E-state index contributed by atoms with van der Waals surface area (Å²) in [5, 5.41) is 10.3. The van der Waals surface area contributed by atoms with E-state index in [-0.39, 0.29) is 6.10 Å². The van der Waals surface area contributed by atoms with Crippen molar-refractivity contribution in [1.29, 1.82) is 0 Å². The Hall–Kier alpha value is -0.300. The highest BCUT2D eigenvalue weighted by molar-refractivity contribution is 5.29. The van der Waals surface area contributed by atoms with Gasteiger partial charge in [-0.15, -0.1) is 0 Å². The molecule has 4 aliphatic carbocycles. The first-order valence-corrected chi connectivity index (χ1v) is 12.8. The van der Waals surface area contributed by atoms with E-state index in [2.05, 4.69) is 27.7 Å². The first-order chi connectivity index (χ1) is 13.4. The van der Waals surface area contributed by atoms with Crippen molar-refractivity contribution < 1.29 is 5.11 Å². The number of allylic oxidation sites excluding steroid dienone is 1. The van der Waals surface area contributed by atoms with Crippen molar-refractivity contribution in [3.63, 3.8) is 0 Å². The fourth-order valence-electron chi connectivity index (χ4n) is 8.28. The van der Waals surface area contributed by atoms with E-state index in [0.29, 0.717) is 5.41 Å². The number of hydrogen-bond acceptors (Lipinski definition) is 1. The number of aliphatic hydroxyl groups excluding tert-OH is 1. The van der Waals surface area contributed by atoms with Gasteiger partial charge in [-0.25, -0.2) is 0 Å². The van der Waals surface area contributed by atoms with Crippen LogP contribution in [0.5, 0.6) is 0 Å². The van der Waals surface area contributed by atoms with Gasteiger partial charge in [-0.1, -0.05) is 58.1 Å². The summed E-state index contributed by atoms with van der Waals surface area (Å²) in [6, 6.07) is 0. The number of hydrogen-bond donors (Lipinski definition) is 1. The first kappa shape index (κ1) is 21.0. The van der Waals surface area contributed by atoms with Gasteiger partial charge < -0.3 is 5.11 Å². The van der Waals surface area contributed by atoms with Gasteiger partial charge in [0.15, 0.2) is 0 Å². The molecule has 4 aliphatic rings. The molecule has 28 heavy (non-hydrogen) atoms. The van der Waals surface area contributed by atoms with Crippen molar-refractivity contribution in [2.75, 3.05) is 0 Å². The molecular weight excluding hydrogens is 340 g/mol. The van der Waals surface area contributed by atoms with Crippen LogP contribution >= 0.6 is 0 Å². The Bertz CT molecular complexity index is 575. The maximum absolute atomic E-state index is 10.3. The molecule has 1 heteroatoms. The minimum absolute atomic E-state index is 0.0556. The fraction of sp³-hybridized carbons (Fsp3) is 0.926. The van der Waals surface area contributed by atoms with E-state index in [4.69, 9.17) is 0 Å². The lowest BCUT2D eigenvalue weighted by atomic mass is 9.51. The molecule has 0 aromatic rings. The van der Waals surface area contributed by atoms with Crippen molar-refractivity contribution in [1.82, 2.24) is 0 Å². The minimum atomic E-state index is -0.0556. The summed E-state index contributed by atoms with van der Waals surface area (Å²) in [7, 11) is 0. The molecule has 0 radical (unpaired) electrons. The van der Waals surface area contributed by atoms with E-state index in [1.807, 2.05) is 5.57 Å². The summed E-state index contributed by atoms with van der Waals surface area (Å²) < 4.78 is 0. The van der Waals surface area contributed by atoms with Crippen LogP contribution in [0.25, 0.3) is 0 Å². The Kier molecular flexibility index (Phi) is 6.32. The molecule has 7 atom stereocenters. The highest BCUT2D eigenvalue weighted by Crippen LogP contribution is 2.64. The van der Waals surface area contributed by atoms with Gasteiger partial charge >= 0.3 is 0 Å². The standard InChI is InChI=1S/C27H46O/c1-5-19-16-25-23(22-12-11-21(28)17-24(19)22)14-15-27(4)20(10-13-26(25)27)9-7-6-8-18(2)3/h18-21,23,25-26,28H,5-17H2,1-4H3. The molecule has 0 saturated heterocycles. The zero-order valence-electron chi connectivity index (χ0n) is 19.2. The van der Waals surface area contributed by atoms with Gasteiger partial charge in [0.25, 0.3) is 0 Å². The summed E-state index contributed by atoms with van der Waals surface area (Å²) in [4.78, 5) is 0. The van der Waals surface area contributed by atoms with Crippen LogP contribution in [0.2, 0.25) is 0 Å². The maximum Gasteiger partial charge on any atom is 0.0580 e. The molecule has 2 saturated carbocycles. The van der Waals surface area contributed by atoms with E-state index >= 15 is 0 Å². The first-order valence-electron chi connectivity index (χ1n) is 12.8. The number of aliphatic hydroxyl groups is 1. The predicted octanol–water partition coefficient (Wildman–Crippen LogP) is 7.53. The quantitative estimate of drug-likeness (QED) is 0.369. The van der Waals surface area contributed by atoms with Crippen molar-refractivity contribution in [2.24, 2.45) is 40.9 Å². The Balaban J connectivity index is 1.48. The fourth-order valence-corrected chi connectivity index (χ4v) is 8.28. The van der Waals surface area contributed by atoms with Crippen LogP contribution in [0.4, 0.5) is 0 Å². The monoisotopic (exact) mass is 386 g/mol. The SMILES string of the molecule is CCC1CC2C(CCC3(C)C(CCCCC(C)C)CCC23)C2=C1CC(O)CC2. The van der Waals surface area contributed by atoms with E-state index in [1.165, 1.54) is 70.6 Å². The molecule has 1 N–H and O–H groups in total. The molecule has 0 amide bonds. The maximum atomic E-state index is 10.3. The zero-order valence-corrected chi connectivity index (χ0v) is 19.2. The third-order valence-electron chi connectivity index (χ3n) is 9.82. The van der Waals surface area contributed by atoms with Crippen LogP contribution in [0.3, 0.4) is 0 Å². The molecule has 7 unspecified atom stereocenters. The van der Waals surface area contributed by atoms with Gasteiger partial charge in [-0.05, 0) is 105 Å². The van der Waals surface area contributed by atoms with E-state index in [0.717, 1.165) is 48.3 Å². The highest BCUT2D eigenvalue weighted by atomic mass is 16.3.